The van der Waals surface area contributed by atoms with Gasteiger partial charge in [0.05, 0.1) is 0 Å². The Kier molecular flexibility index (Phi) is 3.23. The van der Waals surface area contributed by atoms with Crippen molar-refractivity contribution >= 4 is 5.91 Å². The lowest BCUT2D eigenvalue weighted by molar-refractivity contribution is -0.121. The highest BCUT2D eigenvalue weighted by Gasteiger charge is 2.27. The van der Waals surface area contributed by atoms with Gasteiger partial charge < -0.3 is 5.32 Å². The summed E-state index contributed by atoms with van der Waals surface area (Å²) in [6.07, 6.45) is 4.10. The Morgan fingerprint density at radius 3 is 2.21 bits per heavy atom. The zero-order chi connectivity index (χ0) is 10.8. The lowest BCUT2D eigenvalue weighted by atomic mass is 9.77. The van der Waals surface area contributed by atoms with E-state index in [0.29, 0.717) is 11.8 Å². The third kappa shape index (κ3) is 3.69. The van der Waals surface area contributed by atoms with Gasteiger partial charge >= 0.3 is 0 Å². The van der Waals surface area contributed by atoms with E-state index in [4.69, 9.17) is 0 Å². The van der Waals surface area contributed by atoms with Crippen molar-refractivity contribution in [1.82, 2.24) is 5.32 Å². The van der Waals surface area contributed by atoms with E-state index in [1.807, 2.05) is 0 Å². The molecule has 0 bridgehead atoms. The Bertz CT molecular complexity index is 196. The Morgan fingerprint density at radius 1 is 1.00 bits per heavy atom. The van der Waals surface area contributed by atoms with Crippen molar-refractivity contribution in [3.05, 3.63) is 0 Å². The molecular weight excluding hydrogens is 174 g/mol. The molecule has 1 N–H and O–H groups in total. The Hall–Kier alpha value is -0.530. The second kappa shape index (κ2) is 3.92. The Morgan fingerprint density at radius 2 is 1.57 bits per heavy atom. The predicted molar refractivity (Wildman–Crippen MR) is 59.0 cm³/mol. The van der Waals surface area contributed by atoms with Gasteiger partial charge in [-0.15, -0.1) is 0 Å². The molecule has 0 spiro atoms. The smallest absolute Gasteiger partial charge is 0.220 e. The summed E-state index contributed by atoms with van der Waals surface area (Å²) in [4.78, 5) is 11.5. The van der Waals surface area contributed by atoms with Gasteiger partial charge in [-0.05, 0) is 30.1 Å². The molecule has 1 saturated heterocycles. The van der Waals surface area contributed by atoms with E-state index < -0.39 is 0 Å². The standard InChI is InChI=1S/C12H23NO/c1-11(2)6-5-10(14)13-9-12(3,4)8-7-11/h5-9H2,1-4H3,(H,13,14). The Balaban J connectivity index is 2.67. The molecule has 1 aliphatic heterocycles. The van der Waals surface area contributed by atoms with E-state index >= 15 is 0 Å². The molecule has 0 aromatic carbocycles. The Labute approximate surface area is 87.5 Å². The summed E-state index contributed by atoms with van der Waals surface area (Å²) in [6, 6.07) is 0. The third-order valence-corrected chi connectivity index (χ3v) is 3.27. The van der Waals surface area contributed by atoms with Crippen molar-refractivity contribution < 1.29 is 4.79 Å². The van der Waals surface area contributed by atoms with Crippen LogP contribution in [-0.2, 0) is 4.79 Å². The first-order chi connectivity index (χ1) is 6.31. The molecule has 0 radical (unpaired) electrons. The summed E-state index contributed by atoms with van der Waals surface area (Å²) in [5.41, 5.74) is 0.566. The maximum Gasteiger partial charge on any atom is 0.220 e. The van der Waals surface area contributed by atoms with Crippen LogP contribution in [0.1, 0.15) is 53.4 Å². The quantitative estimate of drug-likeness (QED) is 0.635. The fourth-order valence-corrected chi connectivity index (χ4v) is 1.77. The van der Waals surface area contributed by atoms with Crippen molar-refractivity contribution in [2.24, 2.45) is 10.8 Å². The summed E-state index contributed by atoms with van der Waals surface area (Å²) in [7, 11) is 0. The van der Waals surface area contributed by atoms with E-state index in [-0.39, 0.29) is 11.3 Å². The van der Waals surface area contributed by atoms with E-state index in [1.54, 1.807) is 0 Å². The van der Waals surface area contributed by atoms with Crippen LogP contribution in [0.25, 0.3) is 0 Å². The number of rotatable bonds is 0. The summed E-state index contributed by atoms with van der Waals surface area (Å²) in [6.45, 7) is 9.81. The molecule has 0 atom stereocenters. The largest absolute Gasteiger partial charge is 0.356 e. The molecule has 82 valence electrons. The molecule has 1 rings (SSSR count). The first kappa shape index (κ1) is 11.5. The van der Waals surface area contributed by atoms with Crippen molar-refractivity contribution in [2.45, 2.75) is 53.4 Å². The van der Waals surface area contributed by atoms with Gasteiger partial charge in [0.15, 0.2) is 0 Å². The van der Waals surface area contributed by atoms with Crippen LogP contribution in [0.4, 0.5) is 0 Å². The van der Waals surface area contributed by atoms with Crippen molar-refractivity contribution in [3.8, 4) is 0 Å². The van der Waals surface area contributed by atoms with Gasteiger partial charge in [0, 0.05) is 13.0 Å². The number of hydrogen-bond donors (Lipinski definition) is 1. The normalized spacial score (nSPS) is 27.0. The molecule has 1 aliphatic rings. The molecule has 14 heavy (non-hydrogen) atoms. The highest BCUT2D eigenvalue weighted by molar-refractivity contribution is 5.75. The molecule has 1 fully saturated rings. The zero-order valence-electron chi connectivity index (χ0n) is 9.94. The fraction of sp³-hybridized carbons (Fsp3) is 0.917. The molecule has 0 saturated carbocycles. The highest BCUT2D eigenvalue weighted by atomic mass is 16.1. The predicted octanol–water partition coefficient (Wildman–Crippen LogP) is 2.73. The summed E-state index contributed by atoms with van der Waals surface area (Å²) in [5, 5.41) is 3.01. The van der Waals surface area contributed by atoms with Gasteiger partial charge in [-0.1, -0.05) is 27.7 Å². The molecular formula is C12H23NO. The van der Waals surface area contributed by atoms with E-state index in [0.717, 1.165) is 13.0 Å². The summed E-state index contributed by atoms with van der Waals surface area (Å²) in [5.74, 6) is 0.216. The maximum absolute atomic E-state index is 11.5. The number of carbonyl (C=O) groups excluding carboxylic acids is 1. The number of amides is 1. The summed E-state index contributed by atoms with van der Waals surface area (Å²) >= 11 is 0. The lowest BCUT2D eigenvalue weighted by Gasteiger charge is -2.29. The van der Waals surface area contributed by atoms with E-state index in [9.17, 15) is 4.79 Å². The highest BCUT2D eigenvalue weighted by Crippen LogP contribution is 2.34. The maximum atomic E-state index is 11.5. The van der Waals surface area contributed by atoms with E-state index in [2.05, 4.69) is 33.0 Å². The average molecular weight is 197 g/mol. The molecule has 2 heteroatoms. The summed E-state index contributed by atoms with van der Waals surface area (Å²) < 4.78 is 0. The lowest BCUT2D eigenvalue weighted by Crippen LogP contribution is -2.33. The van der Waals surface area contributed by atoms with Crippen molar-refractivity contribution in [3.63, 3.8) is 0 Å². The fourth-order valence-electron chi connectivity index (χ4n) is 1.77. The van der Waals surface area contributed by atoms with Gasteiger partial charge in [0.2, 0.25) is 5.91 Å². The van der Waals surface area contributed by atoms with Gasteiger partial charge in [-0.2, -0.15) is 0 Å². The molecule has 0 aromatic heterocycles. The van der Waals surface area contributed by atoms with Gasteiger partial charge in [-0.3, -0.25) is 4.79 Å². The van der Waals surface area contributed by atoms with Crippen LogP contribution in [0.15, 0.2) is 0 Å². The monoisotopic (exact) mass is 197 g/mol. The van der Waals surface area contributed by atoms with Gasteiger partial charge in [-0.25, -0.2) is 0 Å². The van der Waals surface area contributed by atoms with Crippen LogP contribution in [0.3, 0.4) is 0 Å². The van der Waals surface area contributed by atoms with Crippen LogP contribution < -0.4 is 5.32 Å². The SMILES string of the molecule is CC1(C)CCC(=O)NCC(C)(C)CC1. The minimum Gasteiger partial charge on any atom is -0.356 e. The van der Waals surface area contributed by atoms with E-state index in [1.165, 1.54) is 12.8 Å². The molecule has 2 nitrogen and oxygen atoms in total. The average Bonchev–Trinajstić information content (AvgIpc) is 2.12. The second-order valence-corrected chi connectivity index (χ2v) is 6.11. The molecule has 0 aliphatic carbocycles. The molecule has 1 heterocycles. The first-order valence-corrected chi connectivity index (χ1v) is 5.58. The zero-order valence-corrected chi connectivity index (χ0v) is 9.94. The number of nitrogens with one attached hydrogen (secondary N) is 1. The van der Waals surface area contributed by atoms with Crippen LogP contribution in [0.5, 0.6) is 0 Å². The topological polar surface area (TPSA) is 29.1 Å². The van der Waals surface area contributed by atoms with Crippen molar-refractivity contribution in [2.75, 3.05) is 6.54 Å². The third-order valence-electron chi connectivity index (χ3n) is 3.27. The van der Waals surface area contributed by atoms with Crippen molar-refractivity contribution in [1.29, 1.82) is 0 Å². The van der Waals surface area contributed by atoms with Gasteiger partial charge in [0.25, 0.3) is 0 Å². The minimum absolute atomic E-state index is 0.216. The van der Waals surface area contributed by atoms with Crippen LogP contribution in [0, 0.1) is 10.8 Å². The molecule has 0 unspecified atom stereocenters. The first-order valence-electron chi connectivity index (χ1n) is 5.58. The molecule has 1 amide bonds. The number of hydrogen-bond acceptors (Lipinski definition) is 1. The second-order valence-electron chi connectivity index (χ2n) is 6.11. The minimum atomic E-state index is 0.216. The van der Waals surface area contributed by atoms with Crippen LogP contribution in [-0.4, -0.2) is 12.5 Å². The van der Waals surface area contributed by atoms with Gasteiger partial charge in [0.1, 0.15) is 0 Å². The number of carbonyl (C=O) groups is 1. The van der Waals surface area contributed by atoms with Crippen LogP contribution >= 0.6 is 0 Å². The van der Waals surface area contributed by atoms with Crippen LogP contribution in [0.2, 0.25) is 0 Å². The molecule has 0 aromatic rings.